The number of aliphatic hydroxyl groups is 4. The predicted molar refractivity (Wildman–Crippen MR) is 172 cm³/mol. The van der Waals surface area contributed by atoms with Crippen LogP contribution >= 0.6 is 0 Å². The van der Waals surface area contributed by atoms with E-state index in [4.69, 9.17) is 18.9 Å². The van der Waals surface area contributed by atoms with Crippen LogP contribution in [-0.4, -0.2) is 71.3 Å². The Morgan fingerprint density at radius 2 is 0.756 bits per heavy atom. The summed E-state index contributed by atoms with van der Waals surface area (Å²) in [6.07, 6.45) is -2.75. The van der Waals surface area contributed by atoms with Crippen molar-refractivity contribution in [3.8, 4) is 34.1 Å². The molecule has 5 rings (SSSR count). The predicted octanol–water partition coefficient (Wildman–Crippen LogP) is 5.09. The highest BCUT2D eigenvalue weighted by Crippen LogP contribution is 2.57. The van der Waals surface area contributed by atoms with Gasteiger partial charge >= 0.3 is 0 Å². The van der Waals surface area contributed by atoms with Crippen molar-refractivity contribution in [2.24, 2.45) is 0 Å². The Labute approximate surface area is 264 Å². The Kier molecular flexibility index (Phi) is 9.99. The van der Waals surface area contributed by atoms with Crippen LogP contribution in [0.1, 0.15) is 49.9 Å². The van der Waals surface area contributed by atoms with Gasteiger partial charge < -0.3 is 39.4 Å². The first-order valence-corrected chi connectivity index (χ1v) is 15.3. The normalized spacial score (nSPS) is 15.7. The fraction of sp³-hybridized carbons (Fsp3) is 0.351. The van der Waals surface area contributed by atoms with Gasteiger partial charge in [0.25, 0.3) is 0 Å². The maximum atomic E-state index is 10.0. The molecule has 4 N–H and O–H groups in total. The molecule has 0 fully saturated rings. The second-order valence-corrected chi connectivity index (χ2v) is 11.9. The minimum atomic E-state index is -0.909. The summed E-state index contributed by atoms with van der Waals surface area (Å²) >= 11 is 0. The van der Waals surface area contributed by atoms with Gasteiger partial charge in [-0.3, -0.25) is 0 Å². The molecule has 0 bridgehead atoms. The van der Waals surface area contributed by atoms with Gasteiger partial charge in [-0.2, -0.15) is 0 Å². The van der Waals surface area contributed by atoms with Crippen molar-refractivity contribution in [1.29, 1.82) is 0 Å². The fourth-order valence-electron chi connectivity index (χ4n) is 5.80. The van der Waals surface area contributed by atoms with Crippen LogP contribution < -0.4 is 18.9 Å². The Balaban J connectivity index is 1.82. The molecule has 8 heteroatoms. The highest BCUT2D eigenvalue weighted by atomic mass is 16.5. The van der Waals surface area contributed by atoms with E-state index in [9.17, 15) is 20.4 Å². The highest BCUT2D eigenvalue weighted by Gasteiger charge is 2.47. The van der Waals surface area contributed by atoms with E-state index in [1.165, 1.54) is 0 Å². The van der Waals surface area contributed by atoms with Gasteiger partial charge in [0.2, 0.25) is 0 Å². The van der Waals surface area contributed by atoms with Crippen molar-refractivity contribution < 1.29 is 39.4 Å². The van der Waals surface area contributed by atoms with Gasteiger partial charge in [-0.05, 0) is 85.3 Å². The van der Waals surface area contributed by atoms with E-state index in [1.807, 2.05) is 48.5 Å². The van der Waals surface area contributed by atoms with Gasteiger partial charge in [0.1, 0.15) is 49.4 Å². The molecule has 0 radical (unpaired) electrons. The molecule has 0 saturated carbocycles. The van der Waals surface area contributed by atoms with Gasteiger partial charge in [-0.15, -0.1) is 0 Å². The number of hydrogen-bond donors (Lipinski definition) is 4. The maximum Gasteiger partial charge on any atom is 0.123 e. The van der Waals surface area contributed by atoms with Crippen LogP contribution in [0.25, 0.3) is 11.1 Å². The summed E-state index contributed by atoms with van der Waals surface area (Å²) in [5, 5.41) is 40.1. The summed E-state index contributed by atoms with van der Waals surface area (Å²) in [5.74, 6) is 2.01. The van der Waals surface area contributed by atoms with E-state index in [-0.39, 0.29) is 26.4 Å². The van der Waals surface area contributed by atoms with Crippen molar-refractivity contribution in [3.05, 3.63) is 107 Å². The number of benzene rings is 4. The summed E-state index contributed by atoms with van der Waals surface area (Å²) < 4.78 is 24.2. The van der Waals surface area contributed by atoms with Gasteiger partial charge in [0, 0.05) is 12.1 Å². The van der Waals surface area contributed by atoms with Crippen molar-refractivity contribution in [3.63, 3.8) is 0 Å². The van der Waals surface area contributed by atoms with Crippen LogP contribution in [-0.2, 0) is 5.41 Å². The summed E-state index contributed by atoms with van der Waals surface area (Å²) in [5.41, 5.74) is 4.93. The van der Waals surface area contributed by atoms with E-state index >= 15 is 0 Å². The van der Waals surface area contributed by atoms with Gasteiger partial charge in [0.15, 0.2) is 0 Å². The lowest BCUT2D eigenvalue weighted by atomic mass is 9.67. The standard InChI is InChI=1S/C37H42O8/c1-23(38)19-42-29-13-27(14-30(17-29)43-20-24(2)39)37(35-11-7-5-9-33(35)34-10-6-8-12-36(34)37)28-15-31(44-21-25(3)40)18-32(16-28)45-22-26(4)41/h5-18,23-26,38-41H,19-22H2,1-4H3. The highest BCUT2D eigenvalue weighted by molar-refractivity contribution is 5.86. The molecule has 0 heterocycles. The first-order chi connectivity index (χ1) is 21.6. The number of ether oxygens (including phenoxy) is 4. The quantitative estimate of drug-likeness (QED) is 0.137. The third-order valence-electron chi connectivity index (χ3n) is 7.54. The van der Waals surface area contributed by atoms with Crippen LogP contribution in [0.3, 0.4) is 0 Å². The van der Waals surface area contributed by atoms with Gasteiger partial charge in [0.05, 0.1) is 29.8 Å². The van der Waals surface area contributed by atoms with Crippen molar-refractivity contribution in [1.82, 2.24) is 0 Å². The minimum absolute atomic E-state index is 0.0828. The fourth-order valence-corrected chi connectivity index (χ4v) is 5.80. The van der Waals surface area contributed by atoms with Crippen molar-refractivity contribution in [2.75, 3.05) is 26.4 Å². The SMILES string of the molecule is CC(O)COc1cc(OCC(C)O)cc(C2(c3cc(OCC(C)O)cc(OCC(C)O)c3)c3ccccc3-c3ccccc32)c1. The van der Waals surface area contributed by atoms with E-state index in [0.29, 0.717) is 23.0 Å². The molecule has 0 saturated heterocycles. The molecule has 4 unspecified atom stereocenters. The van der Waals surface area contributed by atoms with Crippen LogP contribution in [0.5, 0.6) is 23.0 Å². The zero-order valence-corrected chi connectivity index (χ0v) is 26.1. The molecular formula is C37H42O8. The van der Waals surface area contributed by atoms with Crippen LogP contribution in [0, 0.1) is 0 Å². The van der Waals surface area contributed by atoms with E-state index < -0.39 is 29.8 Å². The molecule has 0 aliphatic heterocycles. The Morgan fingerprint density at radius 1 is 0.467 bits per heavy atom. The average molecular weight is 615 g/mol. The molecule has 4 atom stereocenters. The molecule has 4 aromatic carbocycles. The molecule has 0 aromatic heterocycles. The Hall–Kier alpha value is -4.08. The monoisotopic (exact) mass is 614 g/mol. The molecule has 4 aromatic rings. The second-order valence-electron chi connectivity index (χ2n) is 11.9. The summed E-state index contributed by atoms with van der Waals surface area (Å²) in [6.45, 7) is 6.97. The number of fused-ring (bicyclic) bond motifs is 3. The lowest BCUT2D eigenvalue weighted by Gasteiger charge is -2.35. The van der Waals surface area contributed by atoms with Crippen LogP contribution in [0.15, 0.2) is 84.9 Å². The van der Waals surface area contributed by atoms with Crippen molar-refractivity contribution in [2.45, 2.75) is 57.5 Å². The molecule has 0 spiro atoms. The maximum absolute atomic E-state index is 10.0. The molecule has 238 valence electrons. The molecule has 1 aliphatic rings. The average Bonchev–Trinajstić information content (AvgIpc) is 3.32. The first kappa shape index (κ1) is 32.3. The first-order valence-electron chi connectivity index (χ1n) is 15.3. The smallest absolute Gasteiger partial charge is 0.123 e. The topological polar surface area (TPSA) is 118 Å². The lowest BCUT2D eigenvalue weighted by Crippen LogP contribution is -2.29. The molecule has 1 aliphatic carbocycles. The number of aliphatic hydroxyl groups excluding tert-OH is 4. The van der Waals surface area contributed by atoms with Crippen LogP contribution in [0.4, 0.5) is 0 Å². The Bertz CT molecular complexity index is 1410. The van der Waals surface area contributed by atoms with Crippen molar-refractivity contribution >= 4 is 0 Å². The lowest BCUT2D eigenvalue weighted by molar-refractivity contribution is 0.118. The molecule has 8 nitrogen and oxygen atoms in total. The van der Waals surface area contributed by atoms with Crippen LogP contribution in [0.2, 0.25) is 0 Å². The zero-order valence-electron chi connectivity index (χ0n) is 26.1. The van der Waals surface area contributed by atoms with E-state index in [0.717, 1.165) is 33.4 Å². The second kappa shape index (κ2) is 13.9. The summed E-state index contributed by atoms with van der Waals surface area (Å²) in [4.78, 5) is 0. The van der Waals surface area contributed by atoms with E-state index in [2.05, 4.69) is 24.3 Å². The summed E-state index contributed by atoms with van der Waals surface area (Å²) in [7, 11) is 0. The third kappa shape index (κ3) is 7.10. The number of hydrogen-bond acceptors (Lipinski definition) is 8. The Morgan fingerprint density at radius 3 is 1.04 bits per heavy atom. The number of rotatable bonds is 14. The van der Waals surface area contributed by atoms with Gasteiger partial charge in [-0.1, -0.05) is 48.5 Å². The minimum Gasteiger partial charge on any atom is -0.491 e. The zero-order chi connectivity index (χ0) is 32.1. The third-order valence-corrected chi connectivity index (χ3v) is 7.54. The van der Waals surface area contributed by atoms with Gasteiger partial charge in [-0.25, -0.2) is 0 Å². The summed E-state index contributed by atoms with van der Waals surface area (Å²) in [6, 6.07) is 27.8. The van der Waals surface area contributed by atoms with E-state index in [1.54, 1.807) is 39.8 Å². The largest absolute Gasteiger partial charge is 0.491 e. The molecule has 0 amide bonds. The molecular weight excluding hydrogens is 572 g/mol. The molecule has 45 heavy (non-hydrogen) atoms.